The third kappa shape index (κ3) is 1.60. The molecular weight excluding hydrogens is 211 g/mol. The number of nitrogens with two attached hydrogens (primary N) is 1. The summed E-state index contributed by atoms with van der Waals surface area (Å²) in [5.74, 6) is -0.112. The zero-order chi connectivity index (χ0) is 11.7. The third-order valence-corrected chi connectivity index (χ3v) is 2.31. The van der Waals surface area contributed by atoms with Crippen LogP contribution >= 0.6 is 0 Å². The van der Waals surface area contributed by atoms with E-state index in [1.807, 2.05) is 6.92 Å². The molecular formula is C11H11FN2O2. The molecule has 0 atom stereocenters. The minimum Gasteiger partial charge on any atom is -0.493 e. The second-order valence-electron chi connectivity index (χ2n) is 3.39. The van der Waals surface area contributed by atoms with Crippen molar-refractivity contribution in [3.63, 3.8) is 0 Å². The van der Waals surface area contributed by atoms with Gasteiger partial charge in [0.05, 0.1) is 12.7 Å². The zero-order valence-electron chi connectivity index (χ0n) is 8.95. The Morgan fingerprint density at radius 1 is 1.44 bits per heavy atom. The second kappa shape index (κ2) is 3.84. The molecule has 1 aromatic heterocycles. The van der Waals surface area contributed by atoms with E-state index in [4.69, 9.17) is 15.0 Å². The average Bonchev–Trinajstić information content (AvgIpc) is 2.67. The first-order valence-electron chi connectivity index (χ1n) is 4.69. The van der Waals surface area contributed by atoms with E-state index >= 15 is 0 Å². The van der Waals surface area contributed by atoms with Crippen molar-refractivity contribution in [3.8, 4) is 17.0 Å². The molecule has 0 unspecified atom stereocenters. The lowest BCUT2D eigenvalue weighted by molar-refractivity contribution is 0.386. The number of anilines is 1. The van der Waals surface area contributed by atoms with Crippen molar-refractivity contribution in [3.05, 3.63) is 29.6 Å². The van der Waals surface area contributed by atoms with Crippen LogP contribution in [-0.4, -0.2) is 12.3 Å². The summed E-state index contributed by atoms with van der Waals surface area (Å²) >= 11 is 0. The fourth-order valence-corrected chi connectivity index (χ4v) is 1.58. The fourth-order valence-electron chi connectivity index (χ4n) is 1.58. The molecule has 0 saturated heterocycles. The Balaban J connectivity index is 2.67. The normalized spacial score (nSPS) is 10.4. The lowest BCUT2D eigenvalue weighted by atomic mass is 10.0. The van der Waals surface area contributed by atoms with Crippen molar-refractivity contribution < 1.29 is 13.7 Å². The Bertz CT molecular complexity index is 523. The molecule has 2 N–H and O–H groups in total. The SMILES string of the molecule is COc1c(F)ccc(C)c1-c1cc(N)on1. The molecule has 1 aromatic carbocycles. The molecule has 0 saturated carbocycles. The maximum absolute atomic E-state index is 13.5. The molecule has 5 heteroatoms. The highest BCUT2D eigenvalue weighted by Gasteiger charge is 2.16. The molecule has 16 heavy (non-hydrogen) atoms. The van der Waals surface area contributed by atoms with E-state index < -0.39 is 5.82 Å². The number of nitrogens with zero attached hydrogens (tertiary/aromatic N) is 1. The quantitative estimate of drug-likeness (QED) is 0.847. The minimum atomic E-state index is -0.440. The first kappa shape index (κ1) is 10.5. The van der Waals surface area contributed by atoms with E-state index in [2.05, 4.69) is 5.16 Å². The number of aryl methyl sites for hydroxylation is 1. The summed E-state index contributed by atoms with van der Waals surface area (Å²) < 4.78 is 23.3. The molecule has 0 bridgehead atoms. The van der Waals surface area contributed by atoms with E-state index in [1.165, 1.54) is 19.2 Å². The van der Waals surface area contributed by atoms with Gasteiger partial charge in [-0.1, -0.05) is 11.2 Å². The van der Waals surface area contributed by atoms with Gasteiger partial charge in [-0.15, -0.1) is 0 Å². The molecule has 0 radical (unpaired) electrons. The molecule has 0 spiro atoms. The van der Waals surface area contributed by atoms with Gasteiger partial charge in [0.1, 0.15) is 5.69 Å². The number of hydrogen-bond acceptors (Lipinski definition) is 4. The Morgan fingerprint density at radius 3 is 2.75 bits per heavy atom. The van der Waals surface area contributed by atoms with E-state index in [-0.39, 0.29) is 11.6 Å². The molecule has 4 nitrogen and oxygen atoms in total. The predicted molar refractivity (Wildman–Crippen MR) is 57.6 cm³/mol. The van der Waals surface area contributed by atoms with Crippen LogP contribution in [0.2, 0.25) is 0 Å². The van der Waals surface area contributed by atoms with Gasteiger partial charge in [0.2, 0.25) is 5.88 Å². The molecule has 0 fully saturated rings. The number of ether oxygens (including phenoxy) is 1. The van der Waals surface area contributed by atoms with Crippen molar-refractivity contribution in [1.82, 2.24) is 5.16 Å². The Morgan fingerprint density at radius 2 is 2.19 bits per heavy atom. The summed E-state index contributed by atoms with van der Waals surface area (Å²) in [5.41, 5.74) is 7.29. The number of nitrogen functional groups attached to an aromatic ring is 1. The zero-order valence-corrected chi connectivity index (χ0v) is 8.95. The van der Waals surface area contributed by atoms with E-state index in [1.54, 1.807) is 6.07 Å². The number of aromatic nitrogens is 1. The molecule has 0 aliphatic rings. The van der Waals surface area contributed by atoms with Crippen LogP contribution in [0.3, 0.4) is 0 Å². The van der Waals surface area contributed by atoms with E-state index in [0.717, 1.165) is 5.56 Å². The summed E-state index contributed by atoms with van der Waals surface area (Å²) in [6.45, 7) is 1.84. The molecule has 0 aliphatic carbocycles. The topological polar surface area (TPSA) is 61.3 Å². The van der Waals surface area contributed by atoms with Crippen molar-refractivity contribution in [2.24, 2.45) is 0 Å². The van der Waals surface area contributed by atoms with Crippen LogP contribution in [0.15, 0.2) is 22.7 Å². The Kier molecular flexibility index (Phi) is 2.52. The molecule has 1 heterocycles. The molecule has 0 amide bonds. The summed E-state index contributed by atoms with van der Waals surface area (Å²) in [4.78, 5) is 0. The second-order valence-corrected chi connectivity index (χ2v) is 3.39. The summed E-state index contributed by atoms with van der Waals surface area (Å²) in [7, 11) is 1.41. The van der Waals surface area contributed by atoms with Crippen LogP contribution in [0.1, 0.15) is 5.56 Å². The van der Waals surface area contributed by atoms with Crippen LogP contribution in [0.4, 0.5) is 10.3 Å². The highest BCUT2D eigenvalue weighted by atomic mass is 19.1. The van der Waals surface area contributed by atoms with Crippen molar-refractivity contribution >= 4 is 5.88 Å². The van der Waals surface area contributed by atoms with Crippen molar-refractivity contribution in [1.29, 1.82) is 0 Å². The maximum Gasteiger partial charge on any atom is 0.222 e. The van der Waals surface area contributed by atoms with Gasteiger partial charge in [0.15, 0.2) is 11.6 Å². The van der Waals surface area contributed by atoms with Crippen LogP contribution in [0.25, 0.3) is 11.3 Å². The minimum absolute atomic E-state index is 0.147. The Hall–Kier alpha value is -2.04. The van der Waals surface area contributed by atoms with Crippen LogP contribution in [0, 0.1) is 12.7 Å². The van der Waals surface area contributed by atoms with Gasteiger partial charge >= 0.3 is 0 Å². The number of methoxy groups -OCH3 is 1. The molecule has 0 aliphatic heterocycles. The van der Waals surface area contributed by atoms with Gasteiger partial charge in [0.25, 0.3) is 0 Å². The van der Waals surface area contributed by atoms with Gasteiger partial charge < -0.3 is 15.0 Å². The van der Waals surface area contributed by atoms with E-state index in [0.29, 0.717) is 11.3 Å². The van der Waals surface area contributed by atoms with Crippen LogP contribution in [0.5, 0.6) is 5.75 Å². The molecule has 2 rings (SSSR count). The largest absolute Gasteiger partial charge is 0.493 e. The Labute approximate surface area is 91.8 Å². The summed E-state index contributed by atoms with van der Waals surface area (Å²) in [5, 5.41) is 3.75. The van der Waals surface area contributed by atoms with Crippen LogP contribution in [-0.2, 0) is 0 Å². The van der Waals surface area contributed by atoms with Gasteiger partial charge in [-0.2, -0.15) is 0 Å². The standard InChI is InChI=1S/C11H11FN2O2/c1-6-3-4-7(12)11(15-2)10(6)8-5-9(13)16-14-8/h3-5H,13H2,1-2H3. The number of benzene rings is 1. The number of rotatable bonds is 2. The predicted octanol–water partition coefficient (Wildman–Crippen LogP) is 2.38. The summed E-state index contributed by atoms with van der Waals surface area (Å²) in [6.07, 6.45) is 0. The monoisotopic (exact) mass is 222 g/mol. The lowest BCUT2D eigenvalue weighted by Crippen LogP contribution is -1.94. The van der Waals surface area contributed by atoms with Crippen molar-refractivity contribution in [2.75, 3.05) is 12.8 Å². The van der Waals surface area contributed by atoms with Crippen molar-refractivity contribution in [2.45, 2.75) is 6.92 Å². The number of halogens is 1. The first-order valence-corrected chi connectivity index (χ1v) is 4.69. The van der Waals surface area contributed by atoms with Gasteiger partial charge in [0, 0.05) is 6.07 Å². The molecule has 2 aromatic rings. The maximum atomic E-state index is 13.5. The average molecular weight is 222 g/mol. The van der Waals surface area contributed by atoms with Gasteiger partial charge in [-0.25, -0.2) is 4.39 Å². The highest BCUT2D eigenvalue weighted by molar-refractivity contribution is 5.72. The molecule has 84 valence electrons. The van der Waals surface area contributed by atoms with Gasteiger partial charge in [-0.3, -0.25) is 0 Å². The van der Waals surface area contributed by atoms with E-state index in [9.17, 15) is 4.39 Å². The summed E-state index contributed by atoms with van der Waals surface area (Å²) in [6, 6.07) is 4.53. The highest BCUT2D eigenvalue weighted by Crippen LogP contribution is 2.35. The number of hydrogen-bond donors (Lipinski definition) is 1. The van der Waals surface area contributed by atoms with Crippen LogP contribution < -0.4 is 10.5 Å². The smallest absolute Gasteiger partial charge is 0.222 e. The van der Waals surface area contributed by atoms with Gasteiger partial charge in [-0.05, 0) is 18.6 Å². The fraction of sp³-hybridized carbons (Fsp3) is 0.182. The third-order valence-electron chi connectivity index (χ3n) is 2.31. The lowest BCUT2D eigenvalue weighted by Gasteiger charge is -2.09. The first-order chi connectivity index (χ1) is 7.63.